The third-order valence-electron chi connectivity index (χ3n) is 17.4. The topological polar surface area (TPSA) is 251 Å². The van der Waals surface area contributed by atoms with Gasteiger partial charge in [-0.3, -0.25) is 33.6 Å². The molecule has 1 unspecified atom stereocenters. The first-order valence-electron chi connectivity index (χ1n) is 31.0. The quantitative estimate of drug-likeness (QED) is 0.0256. The molecule has 2 aromatic carbocycles. The van der Waals surface area contributed by atoms with Crippen LogP contribution in [-0.4, -0.2) is 156 Å². The molecule has 2 saturated heterocycles. The first-order valence-corrected chi connectivity index (χ1v) is 32.6. The van der Waals surface area contributed by atoms with Crippen LogP contribution >= 0.6 is 22.7 Å². The number of aromatic nitrogens is 2. The van der Waals surface area contributed by atoms with E-state index in [1.807, 2.05) is 60.7 Å². The highest BCUT2D eigenvalue weighted by Gasteiger charge is 2.43. The molecule has 4 aromatic rings. The third-order valence-corrected chi connectivity index (χ3v) is 19.4. The molecule has 464 valence electrons. The second kappa shape index (κ2) is 31.6. The van der Waals surface area contributed by atoms with Crippen LogP contribution in [0.15, 0.2) is 73.8 Å². The van der Waals surface area contributed by atoms with Gasteiger partial charge in [-0.2, -0.15) is 0 Å². The molecule has 0 bridgehead atoms. The Morgan fingerprint density at radius 2 is 0.953 bits per heavy atom. The lowest BCUT2D eigenvalue weighted by atomic mass is 9.83. The van der Waals surface area contributed by atoms with E-state index in [1.165, 1.54) is 22.7 Å². The number of hydrogen-bond donors (Lipinski definition) is 8. The number of thiazole rings is 2. The Balaban J connectivity index is 0.842. The second-order valence-electron chi connectivity index (χ2n) is 23.3. The van der Waals surface area contributed by atoms with Crippen LogP contribution in [0.3, 0.4) is 0 Å². The van der Waals surface area contributed by atoms with Crippen LogP contribution in [0, 0.1) is 11.8 Å². The summed E-state index contributed by atoms with van der Waals surface area (Å²) in [6, 6.07) is 15.4. The Morgan fingerprint density at radius 1 is 0.570 bits per heavy atom. The highest BCUT2D eigenvalue weighted by Crippen LogP contribution is 2.39. The summed E-state index contributed by atoms with van der Waals surface area (Å²) < 4.78 is 0. The van der Waals surface area contributed by atoms with Gasteiger partial charge >= 0.3 is 0 Å². The Bertz CT molecular complexity index is 2810. The van der Waals surface area contributed by atoms with Gasteiger partial charge in [0.25, 0.3) is 0 Å². The van der Waals surface area contributed by atoms with Gasteiger partial charge in [0.2, 0.25) is 41.4 Å². The fourth-order valence-electron chi connectivity index (χ4n) is 12.1. The first kappa shape index (κ1) is 65.0. The molecule has 7 amide bonds. The van der Waals surface area contributed by atoms with Crippen molar-refractivity contribution in [2.45, 2.75) is 160 Å². The smallest absolute Gasteiger partial charge is 0.247 e. The van der Waals surface area contributed by atoms with Crippen molar-refractivity contribution < 1.29 is 33.6 Å². The molecule has 22 heteroatoms. The molecule has 4 aliphatic rings. The summed E-state index contributed by atoms with van der Waals surface area (Å²) in [5, 5.41) is 27.4. The molecule has 20 nitrogen and oxygen atoms in total. The van der Waals surface area contributed by atoms with Gasteiger partial charge in [-0.1, -0.05) is 135 Å². The van der Waals surface area contributed by atoms with E-state index in [2.05, 4.69) is 55.7 Å². The molecule has 2 aliphatic heterocycles. The van der Waals surface area contributed by atoms with Gasteiger partial charge in [-0.25, -0.2) is 9.97 Å². The maximum Gasteiger partial charge on any atom is 0.247 e. The Labute approximate surface area is 515 Å². The number of nitrogens with zero attached hydrogens (tertiary/aromatic N) is 5. The molecule has 0 spiro atoms. The molecular formula is C64H89N13O7S2. The monoisotopic (exact) mass is 1220 g/mol. The maximum absolute atomic E-state index is 14.4. The van der Waals surface area contributed by atoms with E-state index >= 15 is 0 Å². The van der Waals surface area contributed by atoms with Crippen LogP contribution < -0.4 is 42.5 Å². The van der Waals surface area contributed by atoms with Crippen molar-refractivity contribution >= 4 is 85.4 Å². The Hall–Kier alpha value is -7.01. The summed E-state index contributed by atoms with van der Waals surface area (Å²) in [5.41, 5.74) is 3.95. The van der Waals surface area contributed by atoms with Gasteiger partial charge < -0.3 is 57.2 Å². The molecule has 8 rings (SSSR count). The maximum atomic E-state index is 14.4. The van der Waals surface area contributed by atoms with Crippen LogP contribution in [0.25, 0.3) is 33.9 Å². The van der Waals surface area contributed by atoms with Crippen molar-refractivity contribution in [3.8, 4) is 22.5 Å². The summed E-state index contributed by atoms with van der Waals surface area (Å²) in [4.78, 5) is 112. The van der Waals surface area contributed by atoms with Gasteiger partial charge in [0.1, 0.15) is 55.6 Å². The SMILES string of the molecule is C=C(NCCCN(CCCNC(=C)c1nc(-c2ccccc2)c(NC(=O)[C@@H]2CCCN2C(=O)[C@@H](NC(=O)[C@H](C)NC)C2CCCCC2)s1)C(C)=O)c1nc(-c2ccccc2)c(NC(=O)C2CCCN2C(=O)[C@@H](NC(=O)[C@H](C)NC)C2CCCCC2)s1. The average molecular weight is 1220 g/mol. The highest BCUT2D eigenvalue weighted by molar-refractivity contribution is 7.17. The molecule has 86 heavy (non-hydrogen) atoms. The van der Waals surface area contributed by atoms with Crippen molar-refractivity contribution in [2.75, 3.05) is 64.0 Å². The minimum absolute atomic E-state index is 0.00428. The number of rotatable bonds is 28. The van der Waals surface area contributed by atoms with Crippen LogP contribution in [0.2, 0.25) is 0 Å². The number of nitrogens with one attached hydrogen (secondary N) is 8. The number of amides is 7. The van der Waals surface area contributed by atoms with Gasteiger partial charge in [0.15, 0.2) is 0 Å². The van der Waals surface area contributed by atoms with E-state index in [-0.39, 0.29) is 53.2 Å². The lowest BCUT2D eigenvalue weighted by Crippen LogP contribution is -2.57. The van der Waals surface area contributed by atoms with Crippen LogP contribution in [0.4, 0.5) is 10.0 Å². The average Bonchev–Trinajstić information content (AvgIpc) is 2.62. The molecular weight excluding hydrogens is 1130 g/mol. The fourth-order valence-corrected chi connectivity index (χ4v) is 14.0. The van der Waals surface area contributed by atoms with Gasteiger partial charge in [0.05, 0.1) is 23.5 Å². The van der Waals surface area contributed by atoms with Crippen molar-refractivity contribution in [1.82, 2.24) is 56.6 Å². The van der Waals surface area contributed by atoms with Crippen LogP contribution in [0.5, 0.6) is 0 Å². The zero-order valence-electron chi connectivity index (χ0n) is 50.8. The second-order valence-corrected chi connectivity index (χ2v) is 25.3. The van der Waals surface area contributed by atoms with E-state index < -0.39 is 36.3 Å². The van der Waals surface area contributed by atoms with E-state index in [9.17, 15) is 33.6 Å². The summed E-state index contributed by atoms with van der Waals surface area (Å²) in [5.74, 6) is -1.54. The molecule has 0 radical (unpaired) electrons. The molecule has 8 N–H and O–H groups in total. The standard InChI is InChI=1S/C64H89N13O7S2/c1-40(65-6)55(79)69-53(47-28-16-10-17-29-47)63(83)76-38-20-32-49(76)57(81)73-61-51(45-24-12-8-13-25-45)71-59(85-61)42(3)67-34-22-36-75(44(5)78)37-23-35-68-43(4)60-72-52(46-26-14-9-15-27-46)62(86-60)74-58(82)50-33-21-39-77(50)64(84)54(48-30-18-11-19-31-48)70-56(80)41(2)66-7/h8-9,12-15,24-27,40-41,47-50,53-54,65-68H,3-4,10-11,16-23,28-39H2,1-2,5-7H3,(H,69,79)(H,70,80)(H,73,81)(H,74,82)/t40-,41-,49-,50?,53-,54-/m0/s1. The van der Waals surface area contributed by atoms with E-state index in [0.29, 0.717) is 121 Å². The van der Waals surface area contributed by atoms with Crippen molar-refractivity contribution in [1.29, 1.82) is 0 Å². The molecule has 2 saturated carbocycles. The molecule has 6 atom stereocenters. The lowest BCUT2D eigenvalue weighted by Gasteiger charge is -2.35. The van der Waals surface area contributed by atoms with Gasteiger partial charge in [0, 0.05) is 57.3 Å². The number of benzene rings is 2. The summed E-state index contributed by atoms with van der Waals surface area (Å²) in [7, 11) is 3.43. The molecule has 2 aromatic heterocycles. The fraction of sp³-hybridized carbons (Fsp3) is 0.547. The van der Waals surface area contributed by atoms with Crippen molar-refractivity contribution in [2.24, 2.45) is 11.8 Å². The van der Waals surface area contributed by atoms with E-state index in [1.54, 1.807) is 49.6 Å². The number of likely N-dealkylation sites (N-methyl/N-ethyl adjacent to an activating group) is 2. The minimum atomic E-state index is -0.710. The normalized spacial score (nSPS) is 18.7. The summed E-state index contributed by atoms with van der Waals surface area (Å²) in [6.07, 6.45) is 13.2. The van der Waals surface area contributed by atoms with Gasteiger partial charge in [-0.15, -0.1) is 0 Å². The lowest BCUT2D eigenvalue weighted by molar-refractivity contribution is -0.142. The van der Waals surface area contributed by atoms with Crippen molar-refractivity contribution in [3.63, 3.8) is 0 Å². The number of carbonyl (C=O) groups excluding carboxylic acids is 7. The predicted octanol–water partition coefficient (Wildman–Crippen LogP) is 7.59. The predicted molar refractivity (Wildman–Crippen MR) is 341 cm³/mol. The Morgan fingerprint density at radius 3 is 1.31 bits per heavy atom. The number of carbonyl (C=O) groups is 7. The van der Waals surface area contributed by atoms with Crippen LogP contribution in [-0.2, 0) is 33.6 Å². The Kier molecular flexibility index (Phi) is 23.9. The van der Waals surface area contributed by atoms with Gasteiger partial charge in [-0.05, 0) is 104 Å². The highest BCUT2D eigenvalue weighted by atomic mass is 32.1. The summed E-state index contributed by atoms with van der Waals surface area (Å²) in [6.45, 7) is 16.6. The molecule has 4 fully saturated rings. The van der Waals surface area contributed by atoms with Crippen LogP contribution in [0.1, 0.15) is 134 Å². The third kappa shape index (κ3) is 16.7. The first-order chi connectivity index (χ1) is 41.6. The van der Waals surface area contributed by atoms with E-state index in [0.717, 1.165) is 75.3 Å². The number of likely N-dealkylation sites (tertiary alicyclic amines) is 2. The molecule has 4 heterocycles. The zero-order valence-corrected chi connectivity index (χ0v) is 52.4. The minimum Gasteiger partial charge on any atom is -0.383 e. The van der Waals surface area contributed by atoms with Crippen molar-refractivity contribution in [3.05, 3.63) is 83.8 Å². The number of anilines is 2. The molecule has 2 aliphatic carbocycles. The largest absolute Gasteiger partial charge is 0.383 e. The number of hydrogen-bond acceptors (Lipinski definition) is 15. The zero-order chi connectivity index (χ0) is 61.3. The summed E-state index contributed by atoms with van der Waals surface area (Å²) >= 11 is 2.61. The van der Waals surface area contributed by atoms with E-state index in [4.69, 9.17) is 9.97 Å².